The minimum Gasteiger partial charge on any atom is -0.320 e. The van der Waals surface area contributed by atoms with Gasteiger partial charge < -0.3 is 9.88 Å². The lowest BCUT2D eigenvalue weighted by molar-refractivity contribution is 0.495. The number of hydrogen-bond acceptors (Lipinski definition) is 2. The van der Waals surface area contributed by atoms with Crippen LogP contribution in [0, 0.1) is 6.33 Å². The van der Waals surface area contributed by atoms with Gasteiger partial charge in [0, 0.05) is 19.1 Å². The van der Waals surface area contributed by atoms with Gasteiger partial charge in [0.25, 0.3) is 0 Å². The molecule has 1 unspecified atom stereocenters. The van der Waals surface area contributed by atoms with Crippen molar-refractivity contribution in [3.63, 3.8) is 0 Å². The molecule has 2 aromatic rings. The Hall–Kier alpha value is -1.35. The molecule has 1 aromatic carbocycles. The number of nitrogens with one attached hydrogen (secondary N) is 1. The highest BCUT2D eigenvalue weighted by atomic mass is 15.1. The van der Waals surface area contributed by atoms with Gasteiger partial charge in [-0.2, -0.15) is 0 Å². The van der Waals surface area contributed by atoms with Gasteiger partial charge in [0.1, 0.15) is 0 Å². The second-order valence-electron chi connectivity index (χ2n) is 3.89. The molecule has 1 radical (unpaired) electrons. The molecule has 14 heavy (non-hydrogen) atoms. The molecule has 1 N–H and O–H groups in total. The normalized spacial score (nSPS) is 21.1. The minimum atomic E-state index is 0.482. The van der Waals surface area contributed by atoms with Crippen LogP contribution >= 0.6 is 0 Å². The number of hydrogen-bond donors (Lipinski definition) is 1. The maximum Gasteiger partial charge on any atom is 0.177 e. The van der Waals surface area contributed by atoms with E-state index in [4.69, 9.17) is 0 Å². The zero-order valence-corrected chi connectivity index (χ0v) is 8.12. The van der Waals surface area contributed by atoms with Gasteiger partial charge in [-0.25, -0.2) is 4.98 Å². The van der Waals surface area contributed by atoms with Crippen LogP contribution in [-0.2, 0) is 13.1 Å². The summed E-state index contributed by atoms with van der Waals surface area (Å²) in [6.45, 7) is 4.07. The highest BCUT2D eigenvalue weighted by Gasteiger charge is 2.14. The van der Waals surface area contributed by atoms with Crippen LogP contribution < -0.4 is 5.32 Å². The summed E-state index contributed by atoms with van der Waals surface area (Å²) in [4.78, 5) is 4.28. The molecule has 0 amide bonds. The molecule has 0 fully saturated rings. The highest BCUT2D eigenvalue weighted by Crippen LogP contribution is 2.20. The fourth-order valence-electron chi connectivity index (χ4n) is 2.04. The maximum absolute atomic E-state index is 4.28. The summed E-state index contributed by atoms with van der Waals surface area (Å²) < 4.78 is 2.12. The smallest absolute Gasteiger partial charge is 0.177 e. The first-order valence-corrected chi connectivity index (χ1v) is 4.94. The van der Waals surface area contributed by atoms with Crippen LogP contribution in [-0.4, -0.2) is 15.6 Å². The molecule has 0 aliphatic carbocycles. The molecule has 3 heteroatoms. The summed E-state index contributed by atoms with van der Waals surface area (Å²) in [6, 6.07) is 6.73. The van der Waals surface area contributed by atoms with E-state index in [2.05, 4.69) is 40.3 Å². The average molecular weight is 186 g/mol. The molecule has 0 saturated carbocycles. The van der Waals surface area contributed by atoms with Gasteiger partial charge in [0.15, 0.2) is 6.33 Å². The number of imidazole rings is 1. The van der Waals surface area contributed by atoms with Crippen molar-refractivity contribution in [1.82, 2.24) is 14.9 Å². The summed E-state index contributed by atoms with van der Waals surface area (Å²) in [5.41, 5.74) is 3.61. The number of nitrogens with zero attached hydrogens (tertiary/aromatic N) is 2. The van der Waals surface area contributed by atoms with Gasteiger partial charge in [0.05, 0.1) is 11.0 Å². The molecule has 3 rings (SSSR count). The van der Waals surface area contributed by atoms with Crippen molar-refractivity contribution >= 4 is 11.0 Å². The summed E-state index contributed by atoms with van der Waals surface area (Å²) in [6.07, 6.45) is 3.05. The molecule has 0 saturated heterocycles. The maximum atomic E-state index is 4.28. The van der Waals surface area contributed by atoms with E-state index in [-0.39, 0.29) is 0 Å². The zero-order chi connectivity index (χ0) is 9.54. The number of aromatic nitrogens is 2. The Morgan fingerprint density at radius 1 is 1.57 bits per heavy atom. The molecule has 1 aliphatic heterocycles. The fourth-order valence-corrected chi connectivity index (χ4v) is 2.04. The second kappa shape index (κ2) is 2.82. The van der Waals surface area contributed by atoms with E-state index in [0.717, 1.165) is 18.6 Å². The minimum absolute atomic E-state index is 0.482. The van der Waals surface area contributed by atoms with E-state index in [0.29, 0.717) is 6.04 Å². The van der Waals surface area contributed by atoms with Crippen molar-refractivity contribution in [3.05, 3.63) is 30.1 Å². The summed E-state index contributed by atoms with van der Waals surface area (Å²) >= 11 is 0. The third kappa shape index (κ3) is 1.06. The zero-order valence-electron chi connectivity index (χ0n) is 8.12. The van der Waals surface area contributed by atoms with Gasteiger partial charge in [-0.3, -0.25) is 0 Å². The highest BCUT2D eigenvalue weighted by molar-refractivity contribution is 5.79. The molecular formula is C11H12N3. The van der Waals surface area contributed by atoms with Gasteiger partial charge in [-0.15, -0.1) is 0 Å². The standard InChI is InChI=1S/C11H12N3/c1-8-6-14-7-13-10-4-2-3-9(5-12-8)11(10)14/h2-4,8,12H,5-6H2,1H3. The van der Waals surface area contributed by atoms with Gasteiger partial charge in [-0.05, 0) is 18.6 Å². The van der Waals surface area contributed by atoms with Gasteiger partial charge >= 0.3 is 0 Å². The van der Waals surface area contributed by atoms with E-state index in [9.17, 15) is 0 Å². The summed E-state index contributed by atoms with van der Waals surface area (Å²) in [5.74, 6) is 0. The Labute approximate surface area is 82.8 Å². The van der Waals surface area contributed by atoms with Crippen molar-refractivity contribution in [3.8, 4) is 0 Å². The van der Waals surface area contributed by atoms with Crippen molar-refractivity contribution in [2.24, 2.45) is 0 Å². The monoisotopic (exact) mass is 186 g/mol. The largest absolute Gasteiger partial charge is 0.320 e. The SMILES string of the molecule is CC1Cn2[c]nc3cccc(c32)CN1. The molecule has 3 nitrogen and oxygen atoms in total. The predicted octanol–water partition coefficient (Wildman–Crippen LogP) is 1.33. The number of para-hydroxylation sites is 1. The van der Waals surface area contributed by atoms with E-state index in [1.807, 2.05) is 6.07 Å². The first-order chi connectivity index (χ1) is 6.84. The molecule has 1 aliphatic rings. The van der Waals surface area contributed by atoms with Crippen molar-refractivity contribution in [2.75, 3.05) is 0 Å². The molecule has 1 atom stereocenters. The predicted molar refractivity (Wildman–Crippen MR) is 54.9 cm³/mol. The first-order valence-electron chi connectivity index (χ1n) is 4.94. The van der Waals surface area contributed by atoms with Crippen LogP contribution in [0.3, 0.4) is 0 Å². The van der Waals surface area contributed by atoms with Gasteiger partial charge in [-0.1, -0.05) is 12.1 Å². The summed E-state index contributed by atoms with van der Waals surface area (Å²) in [7, 11) is 0. The van der Waals surface area contributed by atoms with E-state index in [1.54, 1.807) is 0 Å². The summed E-state index contributed by atoms with van der Waals surface area (Å²) in [5, 5.41) is 3.47. The Kier molecular flexibility index (Phi) is 1.61. The third-order valence-electron chi connectivity index (χ3n) is 2.76. The third-order valence-corrected chi connectivity index (χ3v) is 2.76. The molecule has 2 heterocycles. The van der Waals surface area contributed by atoms with Crippen LogP contribution in [0.4, 0.5) is 0 Å². The van der Waals surface area contributed by atoms with E-state index in [1.165, 1.54) is 11.1 Å². The fraction of sp³-hybridized carbons (Fsp3) is 0.364. The van der Waals surface area contributed by atoms with Crippen LogP contribution in [0.25, 0.3) is 11.0 Å². The lowest BCUT2D eigenvalue weighted by atomic mass is 10.2. The lowest BCUT2D eigenvalue weighted by Crippen LogP contribution is -2.27. The van der Waals surface area contributed by atoms with Crippen molar-refractivity contribution in [1.29, 1.82) is 0 Å². The molecule has 71 valence electrons. The second-order valence-corrected chi connectivity index (χ2v) is 3.89. The van der Waals surface area contributed by atoms with Crippen LogP contribution in [0.5, 0.6) is 0 Å². The number of benzene rings is 1. The Morgan fingerprint density at radius 2 is 2.50 bits per heavy atom. The van der Waals surface area contributed by atoms with E-state index >= 15 is 0 Å². The molecular weight excluding hydrogens is 174 g/mol. The Balaban J connectivity index is 2.30. The average Bonchev–Trinajstić information content (AvgIpc) is 2.51. The molecule has 0 bridgehead atoms. The lowest BCUT2D eigenvalue weighted by Gasteiger charge is -2.08. The van der Waals surface area contributed by atoms with E-state index < -0.39 is 0 Å². The van der Waals surface area contributed by atoms with Crippen LogP contribution in [0.2, 0.25) is 0 Å². The Bertz CT molecular complexity index is 472. The van der Waals surface area contributed by atoms with Crippen molar-refractivity contribution < 1.29 is 0 Å². The van der Waals surface area contributed by atoms with Crippen molar-refractivity contribution in [2.45, 2.75) is 26.1 Å². The molecule has 1 aromatic heterocycles. The van der Waals surface area contributed by atoms with Crippen LogP contribution in [0.1, 0.15) is 12.5 Å². The first kappa shape index (κ1) is 8.00. The molecule has 0 spiro atoms. The number of rotatable bonds is 0. The van der Waals surface area contributed by atoms with Gasteiger partial charge in [0.2, 0.25) is 0 Å². The topological polar surface area (TPSA) is 29.9 Å². The Morgan fingerprint density at radius 3 is 3.43 bits per heavy atom. The quantitative estimate of drug-likeness (QED) is 0.672. The van der Waals surface area contributed by atoms with Crippen LogP contribution in [0.15, 0.2) is 18.2 Å².